The second-order valence-corrected chi connectivity index (χ2v) is 14.3. The van der Waals surface area contributed by atoms with Gasteiger partial charge in [-0.2, -0.15) is 0 Å². The van der Waals surface area contributed by atoms with Crippen molar-refractivity contribution in [3.8, 4) is 22.6 Å². The van der Waals surface area contributed by atoms with Gasteiger partial charge in [-0.3, -0.25) is 0 Å². The van der Waals surface area contributed by atoms with Gasteiger partial charge in [0.15, 0.2) is 0 Å². The number of nitrogens with zero attached hydrogens (tertiary/aromatic N) is 3. The van der Waals surface area contributed by atoms with Crippen LogP contribution in [0.3, 0.4) is 0 Å². The first-order valence-corrected chi connectivity index (χ1v) is 18.6. The van der Waals surface area contributed by atoms with Crippen molar-refractivity contribution < 1.29 is 0 Å². The molecule has 3 aromatic heterocycles. The van der Waals surface area contributed by atoms with Crippen LogP contribution in [0.5, 0.6) is 0 Å². The number of rotatable bonds is 3. The molecule has 12 rings (SSSR count). The average Bonchev–Trinajstić information content (AvgIpc) is 3.74. The topological polar surface area (TPSA) is 22.8 Å². The van der Waals surface area contributed by atoms with Crippen LogP contribution >= 0.6 is 0 Å². The molecule has 0 saturated carbocycles. The first-order chi connectivity index (χ1) is 26.8. The molecule has 0 spiro atoms. The van der Waals surface area contributed by atoms with E-state index in [1.165, 1.54) is 81.3 Å². The third-order valence-electron chi connectivity index (χ3n) is 11.5. The summed E-state index contributed by atoms with van der Waals surface area (Å²) in [6, 6.07) is 68.3. The fourth-order valence-corrected chi connectivity index (χ4v) is 9.17. The van der Waals surface area contributed by atoms with Crippen LogP contribution in [-0.2, 0) is 0 Å². The van der Waals surface area contributed by atoms with Gasteiger partial charge < -0.3 is 9.13 Å². The van der Waals surface area contributed by atoms with Crippen molar-refractivity contribution in [3.05, 3.63) is 188 Å². The van der Waals surface area contributed by atoms with Crippen molar-refractivity contribution in [2.24, 2.45) is 0 Å². The normalized spacial score (nSPS) is 12.1. The van der Waals surface area contributed by atoms with E-state index in [0.717, 1.165) is 28.1 Å². The molecule has 12 aromatic rings. The van der Waals surface area contributed by atoms with Crippen molar-refractivity contribution >= 4 is 86.8 Å². The molecular weight excluding hydrogens is 655 g/mol. The Labute approximate surface area is 310 Å². The third kappa shape index (κ3) is 4.04. The van der Waals surface area contributed by atoms with Gasteiger partial charge in [-0.05, 0) is 76.1 Å². The zero-order valence-corrected chi connectivity index (χ0v) is 29.2. The molecule has 54 heavy (non-hydrogen) atoms. The maximum Gasteiger partial charge on any atom is 0.0794 e. The molecule has 0 radical (unpaired) electrons. The van der Waals surface area contributed by atoms with Crippen LogP contribution in [0.1, 0.15) is 0 Å². The van der Waals surface area contributed by atoms with Crippen LogP contribution in [0.15, 0.2) is 188 Å². The SMILES string of the molecule is c1ccc(-n2c3ccccc3c3cc4c(cc32)c2ccccc2n4-c2ccc(-c3nc4ccccc4c4c5ccccc5c5ccccc5c34)cc2)cc1. The lowest BCUT2D eigenvalue weighted by Crippen LogP contribution is -1.96. The summed E-state index contributed by atoms with van der Waals surface area (Å²) < 4.78 is 4.83. The summed E-state index contributed by atoms with van der Waals surface area (Å²) in [6.45, 7) is 0. The Balaban J connectivity index is 1.12. The van der Waals surface area contributed by atoms with E-state index in [-0.39, 0.29) is 0 Å². The predicted molar refractivity (Wildman–Crippen MR) is 228 cm³/mol. The quantitative estimate of drug-likeness (QED) is 0.170. The molecule has 0 bridgehead atoms. The highest BCUT2D eigenvalue weighted by molar-refractivity contribution is 6.33. The van der Waals surface area contributed by atoms with E-state index < -0.39 is 0 Å². The number of fused-ring (bicyclic) bond motifs is 14. The Morgan fingerprint density at radius 2 is 0.741 bits per heavy atom. The average molecular weight is 686 g/mol. The highest BCUT2D eigenvalue weighted by atomic mass is 15.0. The van der Waals surface area contributed by atoms with E-state index in [9.17, 15) is 0 Å². The second-order valence-electron chi connectivity index (χ2n) is 14.3. The first-order valence-electron chi connectivity index (χ1n) is 18.6. The molecule has 3 heteroatoms. The van der Waals surface area contributed by atoms with Gasteiger partial charge in [0.25, 0.3) is 0 Å². The largest absolute Gasteiger partial charge is 0.309 e. The zero-order valence-electron chi connectivity index (χ0n) is 29.2. The molecule has 3 nitrogen and oxygen atoms in total. The van der Waals surface area contributed by atoms with Gasteiger partial charge in [-0.25, -0.2) is 4.98 Å². The van der Waals surface area contributed by atoms with Crippen LogP contribution in [-0.4, -0.2) is 14.1 Å². The summed E-state index contributed by atoms with van der Waals surface area (Å²) in [6.07, 6.45) is 0. The highest BCUT2D eigenvalue weighted by Crippen LogP contribution is 2.44. The van der Waals surface area contributed by atoms with E-state index in [4.69, 9.17) is 4.98 Å². The molecule has 0 aliphatic heterocycles. The van der Waals surface area contributed by atoms with Gasteiger partial charge in [0.05, 0.1) is 33.3 Å². The van der Waals surface area contributed by atoms with Gasteiger partial charge >= 0.3 is 0 Å². The minimum atomic E-state index is 1.01. The molecule has 0 aliphatic rings. The van der Waals surface area contributed by atoms with Crippen molar-refractivity contribution in [2.45, 2.75) is 0 Å². The Bertz CT molecular complexity index is 3480. The summed E-state index contributed by atoms with van der Waals surface area (Å²) in [5.41, 5.74) is 10.2. The molecule has 0 unspecified atom stereocenters. The summed E-state index contributed by atoms with van der Waals surface area (Å²) in [4.78, 5) is 5.40. The molecule has 0 fully saturated rings. The lowest BCUT2D eigenvalue weighted by Gasteiger charge is -2.16. The molecule has 3 heterocycles. The van der Waals surface area contributed by atoms with Gasteiger partial charge in [0.1, 0.15) is 0 Å². The Hall–Kier alpha value is -7.23. The Morgan fingerprint density at radius 1 is 0.296 bits per heavy atom. The van der Waals surface area contributed by atoms with E-state index in [0.29, 0.717) is 0 Å². The van der Waals surface area contributed by atoms with Crippen molar-refractivity contribution in [3.63, 3.8) is 0 Å². The number of pyridine rings is 1. The lowest BCUT2D eigenvalue weighted by molar-refractivity contribution is 1.17. The molecule has 250 valence electrons. The van der Waals surface area contributed by atoms with Crippen molar-refractivity contribution in [2.75, 3.05) is 0 Å². The number of hydrogen-bond donors (Lipinski definition) is 0. The molecular formula is C51H31N3. The summed E-state index contributed by atoms with van der Waals surface area (Å²) in [5.74, 6) is 0. The highest BCUT2D eigenvalue weighted by Gasteiger charge is 2.20. The first kappa shape index (κ1) is 29.4. The van der Waals surface area contributed by atoms with Crippen molar-refractivity contribution in [1.82, 2.24) is 14.1 Å². The van der Waals surface area contributed by atoms with E-state index >= 15 is 0 Å². The standard InChI is InChI=1S/C51H31N3/c1-2-14-33(15-3-1)53-45-24-12-9-18-37(45)42-31-48-43(30-47(42)53)38-19-10-13-25-46(38)54(48)34-28-26-32(27-29-34)51-50-40-21-7-5-17-36(40)35-16-4-6-20-39(35)49(50)41-22-8-11-23-44(41)52-51/h1-31H. The van der Waals surface area contributed by atoms with Crippen LogP contribution in [0, 0.1) is 0 Å². The summed E-state index contributed by atoms with van der Waals surface area (Å²) in [5, 5.41) is 13.6. The molecule has 0 atom stereocenters. The van der Waals surface area contributed by atoms with Gasteiger partial charge in [0.2, 0.25) is 0 Å². The lowest BCUT2D eigenvalue weighted by atomic mass is 9.90. The fourth-order valence-electron chi connectivity index (χ4n) is 9.17. The smallest absolute Gasteiger partial charge is 0.0794 e. The van der Waals surface area contributed by atoms with E-state index in [1.54, 1.807) is 0 Å². The fraction of sp³-hybridized carbons (Fsp3) is 0. The molecule has 0 saturated heterocycles. The zero-order chi connectivity index (χ0) is 35.3. The van der Waals surface area contributed by atoms with Gasteiger partial charge in [0, 0.05) is 54.6 Å². The third-order valence-corrected chi connectivity index (χ3v) is 11.5. The maximum atomic E-state index is 5.40. The number of benzene rings is 9. The van der Waals surface area contributed by atoms with E-state index in [2.05, 4.69) is 197 Å². The minimum absolute atomic E-state index is 1.01. The summed E-state index contributed by atoms with van der Waals surface area (Å²) in [7, 11) is 0. The number of hydrogen-bond acceptors (Lipinski definition) is 1. The van der Waals surface area contributed by atoms with Gasteiger partial charge in [-0.1, -0.05) is 133 Å². The monoisotopic (exact) mass is 685 g/mol. The van der Waals surface area contributed by atoms with Crippen LogP contribution in [0.4, 0.5) is 0 Å². The van der Waals surface area contributed by atoms with Gasteiger partial charge in [-0.15, -0.1) is 0 Å². The Morgan fingerprint density at radius 3 is 1.33 bits per heavy atom. The molecule has 0 amide bonds. The molecule has 0 aliphatic carbocycles. The van der Waals surface area contributed by atoms with Crippen LogP contribution < -0.4 is 0 Å². The van der Waals surface area contributed by atoms with Crippen LogP contribution in [0.25, 0.3) is 109 Å². The summed E-state index contributed by atoms with van der Waals surface area (Å²) >= 11 is 0. The maximum absolute atomic E-state index is 5.40. The minimum Gasteiger partial charge on any atom is -0.309 e. The molecule has 0 N–H and O–H groups in total. The predicted octanol–water partition coefficient (Wildman–Crippen LogP) is 13.6. The van der Waals surface area contributed by atoms with Crippen molar-refractivity contribution in [1.29, 1.82) is 0 Å². The van der Waals surface area contributed by atoms with Crippen LogP contribution in [0.2, 0.25) is 0 Å². The number of aromatic nitrogens is 3. The molecule has 9 aromatic carbocycles. The van der Waals surface area contributed by atoms with E-state index in [1.807, 2.05) is 0 Å². The number of para-hydroxylation sites is 4. The Kier molecular flexibility index (Phi) is 6.05. The second kappa shape index (κ2) is 11.1.